The Morgan fingerprint density at radius 2 is 1.96 bits per heavy atom. The Morgan fingerprint density at radius 1 is 1.16 bits per heavy atom. The number of aliphatic hydroxyl groups is 1. The molecule has 0 aromatic rings. The standard InChI is InChI=1S/C24H38O/c1-16(2)5-6-17-8-10-21-20-9-7-18-15-19(25)11-13-24(18,4)22(20)12-14-23(17,21)3/h7,17,19-22,25H,1,5-6,8-15H2,2-4H3/t17?,19-,20?,21?,22?,23-,24+/m1/s1. The molecule has 3 saturated carbocycles. The molecule has 0 aromatic heterocycles. The molecule has 0 aromatic carbocycles. The quantitative estimate of drug-likeness (QED) is 0.598. The van der Waals surface area contributed by atoms with Crippen molar-refractivity contribution in [3.8, 4) is 0 Å². The maximum Gasteiger partial charge on any atom is 0.0577 e. The molecule has 140 valence electrons. The van der Waals surface area contributed by atoms with Crippen molar-refractivity contribution in [2.75, 3.05) is 0 Å². The molecule has 4 rings (SSSR count). The zero-order valence-corrected chi connectivity index (χ0v) is 16.7. The maximum absolute atomic E-state index is 10.1. The van der Waals surface area contributed by atoms with E-state index in [0.29, 0.717) is 10.8 Å². The number of rotatable bonds is 3. The molecule has 0 amide bonds. The lowest BCUT2D eigenvalue weighted by Gasteiger charge is -2.58. The Morgan fingerprint density at radius 3 is 2.72 bits per heavy atom. The van der Waals surface area contributed by atoms with Gasteiger partial charge < -0.3 is 5.11 Å². The lowest BCUT2D eigenvalue weighted by atomic mass is 9.47. The average Bonchev–Trinajstić information content (AvgIpc) is 2.90. The Labute approximate surface area is 155 Å². The van der Waals surface area contributed by atoms with Gasteiger partial charge in [0.1, 0.15) is 0 Å². The van der Waals surface area contributed by atoms with Crippen LogP contribution in [0.15, 0.2) is 23.8 Å². The van der Waals surface area contributed by atoms with Crippen molar-refractivity contribution in [2.24, 2.45) is 34.5 Å². The van der Waals surface area contributed by atoms with E-state index in [1.54, 1.807) is 5.57 Å². The van der Waals surface area contributed by atoms with Crippen LogP contribution >= 0.6 is 0 Å². The van der Waals surface area contributed by atoms with Crippen LogP contribution in [0.3, 0.4) is 0 Å². The van der Waals surface area contributed by atoms with Gasteiger partial charge in [-0.25, -0.2) is 0 Å². The van der Waals surface area contributed by atoms with E-state index >= 15 is 0 Å². The zero-order valence-electron chi connectivity index (χ0n) is 16.7. The van der Waals surface area contributed by atoms with Crippen LogP contribution in [0.5, 0.6) is 0 Å². The summed E-state index contributed by atoms with van der Waals surface area (Å²) >= 11 is 0. The van der Waals surface area contributed by atoms with Crippen molar-refractivity contribution < 1.29 is 5.11 Å². The van der Waals surface area contributed by atoms with Crippen LogP contribution in [0.2, 0.25) is 0 Å². The SMILES string of the molecule is C=C(C)CCC1CCC2C3CC=C4C[C@H](O)CC[C@]4(C)C3CC[C@]12C. The normalized spacial score (nSPS) is 49.0. The number of fused-ring (bicyclic) bond motifs is 5. The predicted octanol–water partition coefficient (Wildman–Crippen LogP) is 6.28. The van der Waals surface area contributed by atoms with Crippen molar-refractivity contribution in [3.63, 3.8) is 0 Å². The average molecular weight is 343 g/mol. The first-order chi connectivity index (χ1) is 11.8. The smallest absolute Gasteiger partial charge is 0.0577 e. The van der Waals surface area contributed by atoms with Crippen molar-refractivity contribution in [1.82, 2.24) is 0 Å². The first-order valence-corrected chi connectivity index (χ1v) is 10.9. The van der Waals surface area contributed by atoms with Crippen LogP contribution in [-0.4, -0.2) is 11.2 Å². The summed E-state index contributed by atoms with van der Waals surface area (Å²) in [5, 5.41) is 10.1. The number of allylic oxidation sites excluding steroid dienone is 2. The second-order valence-electron chi connectivity index (χ2n) is 10.5. The molecule has 1 heteroatoms. The summed E-state index contributed by atoms with van der Waals surface area (Å²) in [6.45, 7) is 11.5. The highest BCUT2D eigenvalue weighted by atomic mass is 16.3. The monoisotopic (exact) mass is 342 g/mol. The van der Waals surface area contributed by atoms with Crippen LogP contribution in [0.25, 0.3) is 0 Å². The van der Waals surface area contributed by atoms with E-state index in [-0.39, 0.29) is 6.10 Å². The molecule has 0 bridgehead atoms. The third-order valence-corrected chi connectivity index (χ3v) is 9.19. The largest absolute Gasteiger partial charge is 0.393 e. The number of hydrogen-bond acceptors (Lipinski definition) is 1. The van der Waals surface area contributed by atoms with E-state index in [4.69, 9.17) is 0 Å². The van der Waals surface area contributed by atoms with Gasteiger partial charge in [0, 0.05) is 0 Å². The lowest BCUT2D eigenvalue weighted by Crippen LogP contribution is -2.50. The van der Waals surface area contributed by atoms with Gasteiger partial charge in [-0.05, 0) is 106 Å². The molecule has 4 unspecified atom stereocenters. The molecule has 0 spiro atoms. The molecule has 0 radical (unpaired) electrons. The third kappa shape index (κ3) is 2.76. The van der Waals surface area contributed by atoms with Crippen LogP contribution in [0.4, 0.5) is 0 Å². The first-order valence-electron chi connectivity index (χ1n) is 10.9. The molecular weight excluding hydrogens is 304 g/mol. The van der Waals surface area contributed by atoms with E-state index in [0.717, 1.165) is 36.5 Å². The van der Waals surface area contributed by atoms with Crippen LogP contribution in [0.1, 0.15) is 85.0 Å². The summed E-state index contributed by atoms with van der Waals surface area (Å²) in [5.41, 5.74) is 3.93. The second-order valence-corrected chi connectivity index (χ2v) is 10.5. The Kier molecular flexibility index (Phi) is 4.46. The van der Waals surface area contributed by atoms with Gasteiger partial charge >= 0.3 is 0 Å². The zero-order chi connectivity index (χ0) is 17.8. The molecule has 25 heavy (non-hydrogen) atoms. The van der Waals surface area contributed by atoms with Gasteiger partial charge in [-0.15, -0.1) is 6.58 Å². The van der Waals surface area contributed by atoms with Gasteiger partial charge in [-0.1, -0.05) is 31.1 Å². The molecule has 0 saturated heterocycles. The summed E-state index contributed by atoms with van der Waals surface area (Å²) in [6.07, 6.45) is 15.3. The highest BCUT2D eigenvalue weighted by molar-refractivity contribution is 5.25. The van der Waals surface area contributed by atoms with Gasteiger partial charge in [-0.2, -0.15) is 0 Å². The summed E-state index contributed by atoms with van der Waals surface area (Å²) < 4.78 is 0. The molecule has 7 atom stereocenters. The fraction of sp³-hybridized carbons (Fsp3) is 0.833. The summed E-state index contributed by atoms with van der Waals surface area (Å²) in [7, 11) is 0. The van der Waals surface area contributed by atoms with Crippen LogP contribution < -0.4 is 0 Å². The highest BCUT2D eigenvalue weighted by Gasteiger charge is 2.58. The van der Waals surface area contributed by atoms with Gasteiger partial charge in [0.15, 0.2) is 0 Å². The molecule has 1 nitrogen and oxygen atoms in total. The molecular formula is C24H38O. The van der Waals surface area contributed by atoms with Crippen molar-refractivity contribution in [1.29, 1.82) is 0 Å². The van der Waals surface area contributed by atoms with E-state index in [1.807, 2.05) is 0 Å². The lowest BCUT2D eigenvalue weighted by molar-refractivity contribution is -0.0505. The van der Waals surface area contributed by atoms with Gasteiger partial charge in [0.2, 0.25) is 0 Å². The first kappa shape index (κ1) is 17.8. The molecule has 4 aliphatic carbocycles. The number of hydrogen-bond donors (Lipinski definition) is 1. The van der Waals surface area contributed by atoms with Crippen LogP contribution in [-0.2, 0) is 0 Å². The van der Waals surface area contributed by atoms with Crippen LogP contribution in [0, 0.1) is 34.5 Å². The second kappa shape index (κ2) is 6.25. The van der Waals surface area contributed by atoms with Crippen molar-refractivity contribution in [2.45, 2.75) is 91.1 Å². The van der Waals surface area contributed by atoms with Gasteiger partial charge in [-0.3, -0.25) is 0 Å². The summed E-state index contributed by atoms with van der Waals surface area (Å²) in [6, 6.07) is 0. The van der Waals surface area contributed by atoms with Gasteiger partial charge in [0.05, 0.1) is 6.10 Å². The molecule has 3 fully saturated rings. The van der Waals surface area contributed by atoms with E-state index < -0.39 is 0 Å². The topological polar surface area (TPSA) is 20.2 Å². The molecule has 0 heterocycles. The van der Waals surface area contributed by atoms with Gasteiger partial charge in [0.25, 0.3) is 0 Å². The predicted molar refractivity (Wildman–Crippen MR) is 105 cm³/mol. The minimum absolute atomic E-state index is 0.0808. The molecule has 1 N–H and O–H groups in total. The minimum Gasteiger partial charge on any atom is -0.393 e. The minimum atomic E-state index is -0.0808. The third-order valence-electron chi connectivity index (χ3n) is 9.19. The fourth-order valence-electron chi connectivity index (χ4n) is 7.65. The Balaban J connectivity index is 1.56. The summed E-state index contributed by atoms with van der Waals surface area (Å²) in [5.74, 6) is 3.62. The van der Waals surface area contributed by atoms with Crippen molar-refractivity contribution in [3.05, 3.63) is 23.8 Å². The molecule has 0 aliphatic heterocycles. The number of aliphatic hydroxyl groups excluding tert-OH is 1. The van der Waals surface area contributed by atoms with E-state index in [9.17, 15) is 5.11 Å². The van der Waals surface area contributed by atoms with E-state index in [1.165, 1.54) is 56.9 Å². The van der Waals surface area contributed by atoms with E-state index in [2.05, 4.69) is 33.4 Å². The fourth-order valence-corrected chi connectivity index (χ4v) is 7.65. The molecule has 4 aliphatic rings. The summed E-state index contributed by atoms with van der Waals surface area (Å²) in [4.78, 5) is 0. The Hall–Kier alpha value is -0.560. The maximum atomic E-state index is 10.1. The Bertz CT molecular complexity index is 575. The van der Waals surface area contributed by atoms with Crippen molar-refractivity contribution >= 4 is 0 Å². The highest BCUT2D eigenvalue weighted by Crippen LogP contribution is 2.66.